The van der Waals surface area contributed by atoms with Crippen LogP contribution in [0, 0.1) is 5.82 Å². The second kappa shape index (κ2) is 11.6. The Labute approximate surface area is 154 Å². The molecule has 1 heterocycles. The third-order valence-corrected chi connectivity index (χ3v) is 3.44. The first-order valence-electron chi connectivity index (χ1n) is 7.66. The molecule has 1 aromatic carbocycles. The molecule has 0 radical (unpaired) electrons. The Morgan fingerprint density at radius 2 is 2.30 bits per heavy atom. The molecule has 2 rings (SSSR count). The Bertz CT molecular complexity index is 482. The van der Waals surface area contributed by atoms with E-state index in [1.54, 1.807) is 13.1 Å². The number of halogens is 2. The van der Waals surface area contributed by atoms with Crippen molar-refractivity contribution in [3.8, 4) is 0 Å². The highest BCUT2D eigenvalue weighted by atomic mass is 127. The number of nitrogens with zero attached hydrogens (tertiary/aromatic N) is 1. The molecule has 1 aliphatic rings. The second-order valence-corrected chi connectivity index (χ2v) is 5.19. The molecule has 1 aromatic rings. The highest BCUT2D eigenvalue weighted by Crippen LogP contribution is 2.11. The number of nitrogens with one attached hydrogen (secondary N) is 2. The molecule has 1 fully saturated rings. The van der Waals surface area contributed by atoms with Crippen LogP contribution in [-0.2, 0) is 16.0 Å². The molecule has 23 heavy (non-hydrogen) atoms. The van der Waals surface area contributed by atoms with Gasteiger partial charge in [0.15, 0.2) is 5.96 Å². The molecular weight excluding hydrogens is 412 g/mol. The Kier molecular flexibility index (Phi) is 10.1. The monoisotopic (exact) mass is 437 g/mol. The molecule has 130 valence electrons. The smallest absolute Gasteiger partial charge is 0.191 e. The average Bonchev–Trinajstić information content (AvgIpc) is 3.03. The van der Waals surface area contributed by atoms with E-state index in [2.05, 4.69) is 15.6 Å². The lowest BCUT2D eigenvalue weighted by molar-refractivity contribution is 0.0191. The summed E-state index contributed by atoms with van der Waals surface area (Å²) in [6.07, 6.45) is 2.47. The van der Waals surface area contributed by atoms with Gasteiger partial charge >= 0.3 is 0 Å². The van der Waals surface area contributed by atoms with Crippen molar-refractivity contribution in [3.63, 3.8) is 0 Å². The van der Waals surface area contributed by atoms with Gasteiger partial charge < -0.3 is 20.1 Å². The van der Waals surface area contributed by atoms with Crippen LogP contribution in [-0.4, -0.2) is 45.5 Å². The van der Waals surface area contributed by atoms with Gasteiger partial charge in [-0.1, -0.05) is 12.1 Å². The molecule has 1 saturated heterocycles. The molecule has 1 atom stereocenters. The lowest BCUT2D eigenvalue weighted by Gasteiger charge is -2.13. The van der Waals surface area contributed by atoms with Crippen molar-refractivity contribution in [1.82, 2.24) is 10.6 Å². The van der Waals surface area contributed by atoms with Crippen molar-refractivity contribution < 1.29 is 13.9 Å². The average molecular weight is 437 g/mol. The molecule has 5 nitrogen and oxygen atoms in total. The number of hydrogen-bond donors (Lipinski definition) is 2. The normalized spacial score (nSPS) is 17.7. The van der Waals surface area contributed by atoms with Gasteiger partial charge in [0.25, 0.3) is 0 Å². The van der Waals surface area contributed by atoms with Crippen LogP contribution in [0.1, 0.15) is 18.4 Å². The third-order valence-electron chi connectivity index (χ3n) is 3.44. The van der Waals surface area contributed by atoms with Gasteiger partial charge in [0, 0.05) is 26.7 Å². The van der Waals surface area contributed by atoms with Crippen molar-refractivity contribution in [2.24, 2.45) is 4.99 Å². The fraction of sp³-hybridized carbons (Fsp3) is 0.562. The van der Waals surface area contributed by atoms with Gasteiger partial charge in [-0.2, -0.15) is 0 Å². The summed E-state index contributed by atoms with van der Waals surface area (Å²) in [7, 11) is 1.70. The number of ether oxygens (including phenoxy) is 2. The summed E-state index contributed by atoms with van der Waals surface area (Å²) in [4.78, 5) is 4.12. The number of rotatable bonds is 7. The van der Waals surface area contributed by atoms with Gasteiger partial charge in [-0.05, 0) is 30.5 Å². The fourth-order valence-corrected chi connectivity index (χ4v) is 2.29. The molecular formula is C16H25FIN3O2. The summed E-state index contributed by atoms with van der Waals surface area (Å²) in [5, 5.41) is 6.30. The molecule has 1 aliphatic heterocycles. The maximum Gasteiger partial charge on any atom is 0.191 e. The van der Waals surface area contributed by atoms with Crippen LogP contribution in [0.4, 0.5) is 4.39 Å². The van der Waals surface area contributed by atoms with E-state index in [1.807, 2.05) is 6.07 Å². The molecule has 2 N–H and O–H groups in total. The standard InChI is InChI=1S/C16H24FN3O2.HI/c1-18-16(20-11-13-4-2-5-14(17)10-13)19-7-9-21-12-15-6-3-8-22-15;/h2,4-5,10,15H,3,6-9,11-12H2,1H3,(H2,18,19,20);1H. The SMILES string of the molecule is CN=C(NCCOCC1CCCO1)NCc1cccc(F)c1.I. The van der Waals surface area contributed by atoms with Gasteiger partial charge in [-0.25, -0.2) is 4.39 Å². The summed E-state index contributed by atoms with van der Waals surface area (Å²) in [6, 6.07) is 6.50. The minimum absolute atomic E-state index is 0. The Balaban J connectivity index is 0.00000264. The molecule has 0 amide bonds. The third kappa shape index (κ3) is 7.94. The first kappa shape index (κ1) is 20.1. The first-order valence-corrected chi connectivity index (χ1v) is 7.66. The number of benzene rings is 1. The van der Waals surface area contributed by atoms with Gasteiger partial charge in [-0.15, -0.1) is 24.0 Å². The molecule has 1 unspecified atom stereocenters. The van der Waals surface area contributed by atoms with E-state index < -0.39 is 0 Å². The Morgan fingerprint density at radius 1 is 1.43 bits per heavy atom. The van der Waals surface area contributed by atoms with Crippen molar-refractivity contribution in [2.75, 3.05) is 33.4 Å². The fourth-order valence-electron chi connectivity index (χ4n) is 2.29. The summed E-state index contributed by atoms with van der Waals surface area (Å²) in [6.45, 7) is 3.28. The summed E-state index contributed by atoms with van der Waals surface area (Å²) < 4.78 is 24.1. The molecule has 0 saturated carbocycles. The van der Waals surface area contributed by atoms with Crippen molar-refractivity contribution in [2.45, 2.75) is 25.5 Å². The lowest BCUT2D eigenvalue weighted by Crippen LogP contribution is -2.38. The summed E-state index contributed by atoms with van der Waals surface area (Å²) in [5.41, 5.74) is 0.873. The van der Waals surface area contributed by atoms with E-state index in [0.717, 1.165) is 25.0 Å². The van der Waals surface area contributed by atoms with E-state index in [0.29, 0.717) is 32.3 Å². The van der Waals surface area contributed by atoms with Crippen LogP contribution >= 0.6 is 24.0 Å². The van der Waals surface area contributed by atoms with E-state index in [-0.39, 0.29) is 35.9 Å². The van der Waals surface area contributed by atoms with Crippen LogP contribution in [0.5, 0.6) is 0 Å². The largest absolute Gasteiger partial charge is 0.377 e. The predicted molar refractivity (Wildman–Crippen MR) is 99.8 cm³/mol. The summed E-state index contributed by atoms with van der Waals surface area (Å²) in [5.74, 6) is 0.440. The van der Waals surface area contributed by atoms with Crippen molar-refractivity contribution in [3.05, 3.63) is 35.6 Å². The van der Waals surface area contributed by atoms with Gasteiger partial charge in [0.05, 0.1) is 19.3 Å². The van der Waals surface area contributed by atoms with E-state index >= 15 is 0 Å². The maximum atomic E-state index is 13.1. The zero-order valence-corrected chi connectivity index (χ0v) is 15.7. The predicted octanol–water partition coefficient (Wildman–Crippen LogP) is 2.30. The van der Waals surface area contributed by atoms with Gasteiger partial charge in [0.2, 0.25) is 0 Å². The zero-order chi connectivity index (χ0) is 15.6. The molecule has 0 aliphatic carbocycles. The van der Waals surface area contributed by atoms with E-state index in [9.17, 15) is 4.39 Å². The topological polar surface area (TPSA) is 54.9 Å². The van der Waals surface area contributed by atoms with Crippen LogP contribution in [0.15, 0.2) is 29.3 Å². The van der Waals surface area contributed by atoms with Gasteiger partial charge in [0.1, 0.15) is 5.82 Å². The molecule has 0 bridgehead atoms. The first-order chi connectivity index (χ1) is 10.8. The number of aliphatic imine (C=N–C) groups is 1. The number of guanidine groups is 1. The number of hydrogen-bond acceptors (Lipinski definition) is 3. The Hall–Kier alpha value is -0.930. The molecule has 0 aromatic heterocycles. The Morgan fingerprint density at radius 3 is 3.00 bits per heavy atom. The van der Waals surface area contributed by atoms with E-state index in [1.165, 1.54) is 12.1 Å². The van der Waals surface area contributed by atoms with E-state index in [4.69, 9.17) is 9.47 Å². The molecule has 7 heteroatoms. The zero-order valence-electron chi connectivity index (χ0n) is 13.4. The minimum Gasteiger partial charge on any atom is -0.377 e. The van der Waals surface area contributed by atoms with Crippen molar-refractivity contribution in [1.29, 1.82) is 0 Å². The lowest BCUT2D eigenvalue weighted by atomic mass is 10.2. The van der Waals surface area contributed by atoms with Crippen LogP contribution in [0.3, 0.4) is 0 Å². The summed E-state index contributed by atoms with van der Waals surface area (Å²) >= 11 is 0. The quantitative estimate of drug-likeness (QED) is 0.298. The van der Waals surface area contributed by atoms with Crippen LogP contribution in [0.2, 0.25) is 0 Å². The molecule has 0 spiro atoms. The maximum absolute atomic E-state index is 13.1. The highest BCUT2D eigenvalue weighted by molar-refractivity contribution is 14.0. The van der Waals surface area contributed by atoms with Crippen LogP contribution in [0.25, 0.3) is 0 Å². The van der Waals surface area contributed by atoms with Crippen molar-refractivity contribution >= 4 is 29.9 Å². The highest BCUT2D eigenvalue weighted by Gasteiger charge is 2.14. The van der Waals surface area contributed by atoms with Crippen LogP contribution < -0.4 is 10.6 Å². The minimum atomic E-state index is -0.232. The second-order valence-electron chi connectivity index (χ2n) is 5.19. The van der Waals surface area contributed by atoms with Gasteiger partial charge in [-0.3, -0.25) is 4.99 Å².